The molecule has 1 amide bonds. The van der Waals surface area contributed by atoms with E-state index in [9.17, 15) is 13.6 Å². The van der Waals surface area contributed by atoms with Gasteiger partial charge in [-0.2, -0.15) is 0 Å². The highest BCUT2D eigenvalue weighted by Gasteiger charge is 2.27. The molecule has 0 aliphatic heterocycles. The molecule has 9 heteroatoms. The van der Waals surface area contributed by atoms with Crippen molar-refractivity contribution in [3.8, 4) is 5.75 Å². The Balaban J connectivity index is 0.00000420. The van der Waals surface area contributed by atoms with E-state index in [1.54, 1.807) is 7.05 Å². The number of rotatable bonds is 7. The summed E-state index contributed by atoms with van der Waals surface area (Å²) in [5, 5.41) is 9.47. The van der Waals surface area contributed by atoms with Crippen LogP contribution < -0.4 is 20.7 Å². The second-order valence-corrected chi connectivity index (χ2v) is 7.29. The van der Waals surface area contributed by atoms with Crippen LogP contribution >= 0.6 is 24.0 Å². The Hall–Kier alpha value is -1.65. The third-order valence-corrected chi connectivity index (χ3v) is 4.59. The first kappa shape index (κ1) is 25.4. The van der Waals surface area contributed by atoms with Gasteiger partial charge in [-0.25, -0.2) is 8.78 Å². The maximum absolute atomic E-state index is 13.2. The standard InChI is InChI=1S/C20H30F2N4O2.HI/c1-13(2)25-19(27)14-5-4-6-15(11-14)26-20(23-3)24-9-10-28-16-7-8-17(21)18(22)12-16;/h7-8,12-15H,4-6,9-11H2,1-3H3,(H,25,27)(H2,23,24,26);1H. The van der Waals surface area contributed by atoms with Crippen molar-refractivity contribution < 1.29 is 18.3 Å². The van der Waals surface area contributed by atoms with Crippen LogP contribution in [0.1, 0.15) is 39.5 Å². The Labute approximate surface area is 188 Å². The van der Waals surface area contributed by atoms with Crippen molar-refractivity contribution in [3.05, 3.63) is 29.8 Å². The van der Waals surface area contributed by atoms with Gasteiger partial charge >= 0.3 is 0 Å². The third kappa shape index (κ3) is 8.71. The molecule has 1 fully saturated rings. The van der Waals surface area contributed by atoms with Crippen LogP contribution in [0.3, 0.4) is 0 Å². The molecule has 0 aromatic heterocycles. The predicted molar refractivity (Wildman–Crippen MR) is 121 cm³/mol. The molecule has 1 aliphatic rings. The average Bonchev–Trinajstić information content (AvgIpc) is 2.66. The molecule has 0 radical (unpaired) electrons. The highest BCUT2D eigenvalue weighted by molar-refractivity contribution is 14.0. The molecule has 1 saturated carbocycles. The zero-order valence-corrected chi connectivity index (χ0v) is 19.5. The topological polar surface area (TPSA) is 74.8 Å². The molecule has 29 heavy (non-hydrogen) atoms. The summed E-state index contributed by atoms with van der Waals surface area (Å²) in [4.78, 5) is 16.4. The molecule has 2 atom stereocenters. The molecule has 1 aliphatic carbocycles. The fourth-order valence-electron chi connectivity index (χ4n) is 3.25. The van der Waals surface area contributed by atoms with Crippen LogP contribution in [0.4, 0.5) is 8.78 Å². The van der Waals surface area contributed by atoms with E-state index in [0.717, 1.165) is 37.8 Å². The predicted octanol–water partition coefficient (Wildman–Crippen LogP) is 3.21. The molecule has 2 rings (SSSR count). The van der Waals surface area contributed by atoms with Crippen LogP contribution in [0, 0.1) is 17.6 Å². The Morgan fingerprint density at radius 3 is 2.69 bits per heavy atom. The molecule has 2 unspecified atom stereocenters. The van der Waals surface area contributed by atoms with Gasteiger partial charge in [0.2, 0.25) is 5.91 Å². The first-order chi connectivity index (χ1) is 13.4. The summed E-state index contributed by atoms with van der Waals surface area (Å²) in [6, 6.07) is 3.76. The highest BCUT2D eigenvalue weighted by atomic mass is 127. The largest absolute Gasteiger partial charge is 0.492 e. The van der Waals surface area contributed by atoms with E-state index in [1.807, 2.05) is 13.8 Å². The van der Waals surface area contributed by atoms with Crippen molar-refractivity contribution in [3.63, 3.8) is 0 Å². The number of benzene rings is 1. The highest BCUT2D eigenvalue weighted by Crippen LogP contribution is 2.24. The fourth-order valence-corrected chi connectivity index (χ4v) is 3.25. The molecule has 0 saturated heterocycles. The van der Waals surface area contributed by atoms with Crippen LogP contribution in [0.25, 0.3) is 0 Å². The van der Waals surface area contributed by atoms with Gasteiger partial charge in [0.05, 0.1) is 6.54 Å². The molecule has 3 N–H and O–H groups in total. The summed E-state index contributed by atoms with van der Waals surface area (Å²) < 4.78 is 31.5. The van der Waals surface area contributed by atoms with Crippen molar-refractivity contribution >= 4 is 35.8 Å². The summed E-state index contributed by atoms with van der Waals surface area (Å²) in [6.45, 7) is 4.65. The number of halogens is 3. The Morgan fingerprint density at radius 2 is 2.03 bits per heavy atom. The summed E-state index contributed by atoms with van der Waals surface area (Å²) >= 11 is 0. The van der Waals surface area contributed by atoms with Crippen LogP contribution in [0.2, 0.25) is 0 Å². The molecule has 0 spiro atoms. The van der Waals surface area contributed by atoms with E-state index in [0.29, 0.717) is 12.5 Å². The minimum absolute atomic E-state index is 0. The van der Waals surface area contributed by atoms with E-state index in [1.165, 1.54) is 6.07 Å². The Bertz CT molecular complexity index is 688. The van der Waals surface area contributed by atoms with Crippen LogP contribution in [-0.4, -0.2) is 44.1 Å². The number of aliphatic imine (C=N–C) groups is 1. The molecule has 1 aromatic carbocycles. The van der Waals surface area contributed by atoms with Gasteiger partial charge in [-0.3, -0.25) is 9.79 Å². The lowest BCUT2D eigenvalue weighted by molar-refractivity contribution is -0.126. The first-order valence-electron chi connectivity index (χ1n) is 9.74. The minimum atomic E-state index is -0.934. The number of carbonyl (C=O) groups is 1. The molecular weight excluding hydrogens is 493 g/mol. The molecule has 1 aromatic rings. The van der Waals surface area contributed by atoms with Crippen LogP contribution in [-0.2, 0) is 4.79 Å². The lowest BCUT2D eigenvalue weighted by Crippen LogP contribution is -2.48. The quantitative estimate of drug-likeness (QED) is 0.222. The van der Waals surface area contributed by atoms with E-state index in [4.69, 9.17) is 4.74 Å². The average molecular weight is 524 g/mol. The first-order valence-corrected chi connectivity index (χ1v) is 9.74. The molecular formula is C20H31F2IN4O2. The number of guanidine groups is 1. The smallest absolute Gasteiger partial charge is 0.223 e. The van der Waals surface area contributed by atoms with Crippen molar-refractivity contribution in [2.75, 3.05) is 20.2 Å². The zero-order chi connectivity index (χ0) is 20.5. The minimum Gasteiger partial charge on any atom is -0.492 e. The molecule has 164 valence electrons. The fraction of sp³-hybridized carbons (Fsp3) is 0.600. The van der Waals surface area contributed by atoms with E-state index < -0.39 is 11.6 Å². The SMILES string of the molecule is CN=C(NCCOc1ccc(F)c(F)c1)NC1CCCC(C(=O)NC(C)C)C1.I. The second-order valence-electron chi connectivity index (χ2n) is 7.29. The maximum atomic E-state index is 13.2. The number of amides is 1. The van der Waals surface area contributed by atoms with Crippen LogP contribution in [0.5, 0.6) is 5.75 Å². The van der Waals surface area contributed by atoms with Gasteiger partial charge < -0.3 is 20.7 Å². The molecule has 0 bridgehead atoms. The number of carbonyl (C=O) groups excluding carboxylic acids is 1. The number of hydrogen-bond donors (Lipinski definition) is 3. The summed E-state index contributed by atoms with van der Waals surface area (Å²) in [7, 11) is 1.68. The van der Waals surface area contributed by atoms with Gasteiger partial charge in [-0.15, -0.1) is 24.0 Å². The number of nitrogens with zero attached hydrogens (tertiary/aromatic N) is 1. The van der Waals surface area contributed by atoms with Gasteiger partial charge in [-0.1, -0.05) is 6.42 Å². The number of ether oxygens (including phenoxy) is 1. The monoisotopic (exact) mass is 524 g/mol. The van der Waals surface area contributed by atoms with Gasteiger partial charge in [0.1, 0.15) is 12.4 Å². The lowest BCUT2D eigenvalue weighted by Gasteiger charge is -2.30. The van der Waals surface area contributed by atoms with Gasteiger partial charge in [0.15, 0.2) is 17.6 Å². The normalized spacial score (nSPS) is 19.3. The van der Waals surface area contributed by atoms with Gasteiger partial charge in [0, 0.05) is 31.1 Å². The van der Waals surface area contributed by atoms with E-state index >= 15 is 0 Å². The van der Waals surface area contributed by atoms with Crippen molar-refractivity contribution in [1.82, 2.24) is 16.0 Å². The van der Waals surface area contributed by atoms with Crippen molar-refractivity contribution in [2.24, 2.45) is 10.9 Å². The number of hydrogen-bond acceptors (Lipinski definition) is 3. The van der Waals surface area contributed by atoms with Crippen molar-refractivity contribution in [2.45, 2.75) is 51.6 Å². The third-order valence-electron chi connectivity index (χ3n) is 4.59. The number of nitrogens with one attached hydrogen (secondary N) is 3. The lowest BCUT2D eigenvalue weighted by atomic mass is 9.85. The maximum Gasteiger partial charge on any atom is 0.223 e. The molecule has 6 nitrogen and oxygen atoms in total. The van der Waals surface area contributed by atoms with Gasteiger partial charge in [-0.05, 0) is 45.2 Å². The summed E-state index contributed by atoms with van der Waals surface area (Å²) in [5.74, 6) is -0.800. The summed E-state index contributed by atoms with van der Waals surface area (Å²) in [6.07, 6.45) is 3.65. The van der Waals surface area contributed by atoms with Crippen LogP contribution in [0.15, 0.2) is 23.2 Å². The summed E-state index contributed by atoms with van der Waals surface area (Å²) in [5.41, 5.74) is 0. The zero-order valence-electron chi connectivity index (χ0n) is 17.1. The van der Waals surface area contributed by atoms with Gasteiger partial charge in [0.25, 0.3) is 0 Å². The second kappa shape index (κ2) is 12.8. The van der Waals surface area contributed by atoms with E-state index in [2.05, 4.69) is 20.9 Å². The Morgan fingerprint density at radius 1 is 1.28 bits per heavy atom. The Kier molecular flexibility index (Phi) is 11.2. The molecule has 0 heterocycles. The van der Waals surface area contributed by atoms with E-state index in [-0.39, 0.29) is 60.2 Å². The van der Waals surface area contributed by atoms with Crippen molar-refractivity contribution in [1.29, 1.82) is 0 Å².